The van der Waals surface area contributed by atoms with Crippen LogP contribution in [0.25, 0.3) is 0 Å². The van der Waals surface area contributed by atoms with E-state index in [2.05, 4.69) is 4.74 Å². The Balaban J connectivity index is 2.64. The Bertz CT molecular complexity index is 836. The maximum absolute atomic E-state index is 12.5. The molecule has 1 aromatic heterocycles. The minimum atomic E-state index is -4.19. The average Bonchev–Trinajstić information content (AvgIpc) is 2.93. The summed E-state index contributed by atoms with van der Waals surface area (Å²) in [6.45, 7) is 1.78. The molecule has 0 aliphatic rings. The Hall–Kier alpha value is -2.68. The molecule has 0 aliphatic heterocycles. The lowest BCUT2D eigenvalue weighted by atomic mass is 10.2. The summed E-state index contributed by atoms with van der Waals surface area (Å²) >= 11 is 0. The lowest BCUT2D eigenvalue weighted by molar-refractivity contribution is -0.390. The number of esters is 1. The number of aromatic nitrogens is 1. The van der Waals surface area contributed by atoms with Crippen LogP contribution < -0.4 is 0 Å². The van der Waals surface area contributed by atoms with Crippen LogP contribution in [0.15, 0.2) is 41.4 Å². The van der Waals surface area contributed by atoms with E-state index in [4.69, 9.17) is 0 Å². The molecule has 0 aliphatic carbocycles. The van der Waals surface area contributed by atoms with Crippen molar-refractivity contribution >= 4 is 21.8 Å². The first kappa shape index (κ1) is 15.7. The van der Waals surface area contributed by atoms with Gasteiger partial charge in [0.25, 0.3) is 0 Å². The Labute approximate surface area is 126 Å². The summed E-state index contributed by atoms with van der Waals surface area (Å²) in [4.78, 5) is 21.5. The summed E-state index contributed by atoms with van der Waals surface area (Å²) in [6.07, 6.45) is 0.874. The van der Waals surface area contributed by atoms with Crippen LogP contribution in [0, 0.1) is 17.0 Å². The van der Waals surface area contributed by atoms with E-state index in [-0.39, 0.29) is 10.5 Å². The van der Waals surface area contributed by atoms with Gasteiger partial charge in [-0.1, -0.05) is 17.7 Å². The molecule has 2 aromatic rings. The summed E-state index contributed by atoms with van der Waals surface area (Å²) in [5, 5.41) is 11.0. The highest BCUT2D eigenvalue weighted by molar-refractivity contribution is 7.90. The Kier molecular flexibility index (Phi) is 4.00. The highest BCUT2D eigenvalue weighted by Gasteiger charge is 2.31. The quantitative estimate of drug-likeness (QED) is 0.481. The number of methoxy groups -OCH3 is 1. The number of hydrogen-bond donors (Lipinski definition) is 0. The molecule has 0 fully saturated rings. The molecule has 0 atom stereocenters. The van der Waals surface area contributed by atoms with E-state index in [1.807, 2.05) is 0 Å². The number of carbonyl (C=O) groups is 1. The van der Waals surface area contributed by atoms with Gasteiger partial charge in [-0.3, -0.25) is 0 Å². The molecule has 0 N–H and O–H groups in total. The Morgan fingerprint density at radius 1 is 1.27 bits per heavy atom. The Morgan fingerprint density at radius 3 is 2.36 bits per heavy atom. The topological polar surface area (TPSA) is 109 Å². The van der Waals surface area contributed by atoms with Crippen LogP contribution in [0.3, 0.4) is 0 Å². The zero-order valence-electron chi connectivity index (χ0n) is 11.7. The van der Waals surface area contributed by atoms with Crippen LogP contribution in [0.1, 0.15) is 15.9 Å². The minimum absolute atomic E-state index is 0.117. The fraction of sp³-hybridized carbons (Fsp3) is 0.154. The van der Waals surface area contributed by atoms with Crippen molar-refractivity contribution in [3.63, 3.8) is 0 Å². The van der Waals surface area contributed by atoms with Crippen LogP contribution in [0.4, 0.5) is 5.82 Å². The summed E-state index contributed by atoms with van der Waals surface area (Å²) in [5.41, 5.74) is 0.626. The van der Waals surface area contributed by atoms with Crippen LogP contribution in [0.5, 0.6) is 0 Å². The van der Waals surface area contributed by atoms with Gasteiger partial charge in [-0.2, -0.15) is 8.42 Å². The Morgan fingerprint density at radius 2 is 1.86 bits per heavy atom. The summed E-state index contributed by atoms with van der Waals surface area (Å²) in [7, 11) is -3.09. The molecule has 0 bridgehead atoms. The molecule has 2 rings (SSSR count). The maximum atomic E-state index is 12.5. The maximum Gasteiger partial charge on any atom is 0.341 e. The molecule has 8 nitrogen and oxygen atoms in total. The predicted molar refractivity (Wildman–Crippen MR) is 76.2 cm³/mol. The molecule has 0 radical (unpaired) electrons. The molecule has 0 unspecified atom stereocenters. The third-order valence-electron chi connectivity index (χ3n) is 2.95. The van der Waals surface area contributed by atoms with Crippen LogP contribution >= 0.6 is 0 Å². The first-order chi connectivity index (χ1) is 10.3. The number of rotatable bonds is 4. The fourth-order valence-corrected chi connectivity index (χ4v) is 3.14. The number of benzene rings is 1. The highest BCUT2D eigenvalue weighted by Crippen LogP contribution is 2.24. The second kappa shape index (κ2) is 5.60. The first-order valence-electron chi connectivity index (χ1n) is 6.04. The molecule has 22 heavy (non-hydrogen) atoms. The molecule has 1 aromatic carbocycles. The second-order valence-corrected chi connectivity index (χ2v) is 6.26. The molecule has 9 heteroatoms. The summed E-state index contributed by atoms with van der Waals surface area (Å²) in [6, 6.07) is 6.68. The van der Waals surface area contributed by atoms with E-state index in [1.54, 1.807) is 19.1 Å². The molecular weight excluding hydrogens is 312 g/mol. The molecule has 0 saturated carbocycles. The van der Waals surface area contributed by atoms with Gasteiger partial charge in [0.1, 0.15) is 16.7 Å². The second-order valence-electron chi connectivity index (χ2n) is 4.45. The van der Waals surface area contributed by atoms with Gasteiger partial charge in [0.2, 0.25) is 0 Å². The van der Waals surface area contributed by atoms with Crippen LogP contribution in [-0.4, -0.2) is 30.4 Å². The van der Waals surface area contributed by atoms with E-state index < -0.39 is 26.7 Å². The van der Waals surface area contributed by atoms with Crippen molar-refractivity contribution < 1.29 is 22.9 Å². The lowest BCUT2D eigenvalue weighted by Crippen LogP contribution is -2.14. The zero-order chi connectivity index (χ0) is 16.5. The number of hydrogen-bond acceptors (Lipinski definition) is 6. The van der Waals surface area contributed by atoms with Gasteiger partial charge in [0, 0.05) is 0 Å². The standard InChI is InChI=1S/C13H12N2O6S/c1-9-3-5-11(6-4-9)22(19,20)14-8-10(13(16)21-2)7-12(14)15(17)18/h3-8H,1-2H3. The van der Waals surface area contributed by atoms with Gasteiger partial charge < -0.3 is 14.9 Å². The highest BCUT2D eigenvalue weighted by atomic mass is 32.2. The van der Waals surface area contributed by atoms with Crippen LogP contribution in [0.2, 0.25) is 0 Å². The number of nitrogens with zero attached hydrogens (tertiary/aromatic N) is 2. The SMILES string of the molecule is COC(=O)c1cc([N+](=O)[O-])n(S(=O)(=O)c2ccc(C)cc2)c1. The number of nitro groups is 1. The van der Waals surface area contributed by atoms with Crippen molar-refractivity contribution in [1.29, 1.82) is 0 Å². The molecule has 0 spiro atoms. The van der Waals surface area contributed by atoms with Gasteiger partial charge in [-0.05, 0) is 24.0 Å². The number of ether oxygens (including phenoxy) is 1. The normalized spacial score (nSPS) is 11.2. The van der Waals surface area contributed by atoms with Crippen molar-refractivity contribution in [3.05, 3.63) is 57.8 Å². The van der Waals surface area contributed by atoms with Gasteiger partial charge in [0.05, 0.1) is 13.2 Å². The summed E-state index contributed by atoms with van der Waals surface area (Å²) in [5.74, 6) is -1.60. The van der Waals surface area contributed by atoms with Crippen LogP contribution in [-0.2, 0) is 14.8 Å². The van der Waals surface area contributed by atoms with Gasteiger partial charge in [-0.15, -0.1) is 3.97 Å². The van der Waals surface area contributed by atoms with Crippen molar-refractivity contribution in [1.82, 2.24) is 3.97 Å². The third-order valence-corrected chi connectivity index (χ3v) is 4.63. The van der Waals surface area contributed by atoms with E-state index >= 15 is 0 Å². The van der Waals surface area contributed by atoms with Crippen molar-refractivity contribution in [2.24, 2.45) is 0 Å². The minimum Gasteiger partial charge on any atom is -0.465 e. The molecule has 0 amide bonds. The van der Waals surface area contributed by atoms with Gasteiger partial charge >= 0.3 is 21.8 Å². The zero-order valence-corrected chi connectivity index (χ0v) is 12.5. The number of carbonyl (C=O) groups excluding carboxylic acids is 1. The molecule has 0 saturated heterocycles. The lowest BCUT2D eigenvalue weighted by Gasteiger charge is -2.03. The van der Waals surface area contributed by atoms with E-state index in [9.17, 15) is 23.3 Å². The van der Waals surface area contributed by atoms with Crippen molar-refractivity contribution in [2.45, 2.75) is 11.8 Å². The first-order valence-corrected chi connectivity index (χ1v) is 7.48. The summed E-state index contributed by atoms with van der Waals surface area (Å²) < 4.78 is 29.9. The van der Waals surface area contributed by atoms with Gasteiger partial charge in [0.15, 0.2) is 0 Å². The molecule has 116 valence electrons. The average molecular weight is 324 g/mol. The van der Waals surface area contributed by atoms with E-state index in [1.165, 1.54) is 12.1 Å². The monoisotopic (exact) mass is 324 g/mol. The molecule has 1 heterocycles. The van der Waals surface area contributed by atoms with E-state index in [0.29, 0.717) is 3.97 Å². The number of aryl methyl sites for hydroxylation is 1. The van der Waals surface area contributed by atoms with Gasteiger partial charge in [-0.25, -0.2) is 4.79 Å². The van der Waals surface area contributed by atoms with E-state index in [0.717, 1.165) is 24.9 Å². The smallest absolute Gasteiger partial charge is 0.341 e. The third kappa shape index (κ3) is 2.70. The van der Waals surface area contributed by atoms with Crippen molar-refractivity contribution in [3.8, 4) is 0 Å². The fourth-order valence-electron chi connectivity index (χ4n) is 1.81. The van der Waals surface area contributed by atoms with Crippen molar-refractivity contribution in [2.75, 3.05) is 7.11 Å². The predicted octanol–water partition coefficient (Wildman–Crippen LogP) is 1.73. The largest absolute Gasteiger partial charge is 0.465 e. The molecular formula is C13H12N2O6S.